The summed E-state index contributed by atoms with van der Waals surface area (Å²) in [7, 11) is 0. The molecule has 1 saturated heterocycles. The lowest BCUT2D eigenvalue weighted by Gasteiger charge is -2.53. The topological polar surface area (TPSA) is 29.3 Å². The minimum absolute atomic E-state index is 0.440. The van der Waals surface area contributed by atoms with Gasteiger partial charge in [-0.1, -0.05) is 43.2 Å². The summed E-state index contributed by atoms with van der Waals surface area (Å²) in [6.45, 7) is 3.23. The van der Waals surface area contributed by atoms with Crippen molar-refractivity contribution in [3.63, 3.8) is 0 Å². The molecule has 2 nitrogen and oxygen atoms in total. The highest BCUT2D eigenvalue weighted by Gasteiger charge is 2.45. The van der Waals surface area contributed by atoms with Gasteiger partial charge < -0.3 is 5.73 Å². The molecule has 19 heavy (non-hydrogen) atoms. The fourth-order valence-corrected chi connectivity index (χ4v) is 4.00. The lowest BCUT2D eigenvalue weighted by Crippen LogP contribution is -2.56. The summed E-state index contributed by atoms with van der Waals surface area (Å²) >= 11 is 0. The van der Waals surface area contributed by atoms with Crippen LogP contribution in [0.2, 0.25) is 0 Å². The number of likely N-dealkylation sites (tertiary alicyclic amines) is 1. The lowest BCUT2D eigenvalue weighted by molar-refractivity contribution is -0.0206. The zero-order valence-corrected chi connectivity index (χ0v) is 11.9. The Hall–Kier alpha value is -0.860. The summed E-state index contributed by atoms with van der Waals surface area (Å²) in [6, 6.07) is 11.6. The van der Waals surface area contributed by atoms with Crippen LogP contribution in [0.5, 0.6) is 0 Å². The number of nitrogens with zero attached hydrogens (tertiary/aromatic N) is 1. The van der Waals surface area contributed by atoms with Gasteiger partial charge in [-0.3, -0.25) is 4.90 Å². The molecule has 1 aliphatic carbocycles. The molecule has 3 rings (SSSR count). The van der Waals surface area contributed by atoms with Gasteiger partial charge in [0.2, 0.25) is 0 Å². The van der Waals surface area contributed by atoms with Gasteiger partial charge in [0.15, 0.2) is 0 Å². The second kappa shape index (κ2) is 5.64. The molecule has 2 fully saturated rings. The second-order valence-electron chi connectivity index (χ2n) is 6.39. The van der Waals surface area contributed by atoms with E-state index in [2.05, 4.69) is 35.2 Å². The molecule has 2 aliphatic rings. The van der Waals surface area contributed by atoms with Gasteiger partial charge in [0.05, 0.1) is 0 Å². The number of nitrogens with two attached hydrogens (primary N) is 1. The second-order valence-corrected chi connectivity index (χ2v) is 6.39. The molecular weight excluding hydrogens is 232 g/mol. The fraction of sp³-hybridized carbons (Fsp3) is 0.647. The van der Waals surface area contributed by atoms with E-state index in [1.54, 1.807) is 0 Å². The number of piperidine rings is 1. The predicted octanol–water partition coefficient (Wildman–Crippen LogP) is 3.17. The summed E-state index contributed by atoms with van der Waals surface area (Å²) in [4.78, 5) is 2.71. The normalized spacial score (nSPS) is 26.9. The molecule has 0 aromatic heterocycles. The van der Waals surface area contributed by atoms with Crippen molar-refractivity contribution in [2.45, 2.75) is 51.1 Å². The van der Waals surface area contributed by atoms with Gasteiger partial charge in [0.1, 0.15) is 0 Å². The Labute approximate surface area is 117 Å². The van der Waals surface area contributed by atoms with Crippen molar-refractivity contribution in [2.24, 2.45) is 11.1 Å². The van der Waals surface area contributed by atoms with Crippen LogP contribution >= 0.6 is 0 Å². The zero-order valence-electron chi connectivity index (χ0n) is 11.9. The van der Waals surface area contributed by atoms with Crippen molar-refractivity contribution in [1.29, 1.82) is 0 Å². The molecule has 1 atom stereocenters. The number of benzene rings is 1. The van der Waals surface area contributed by atoms with E-state index in [1.165, 1.54) is 50.6 Å². The van der Waals surface area contributed by atoms with Crippen molar-refractivity contribution in [2.75, 3.05) is 13.1 Å². The van der Waals surface area contributed by atoms with E-state index in [-0.39, 0.29) is 0 Å². The van der Waals surface area contributed by atoms with E-state index in [4.69, 9.17) is 5.73 Å². The van der Waals surface area contributed by atoms with Crippen LogP contribution in [-0.4, -0.2) is 24.0 Å². The Morgan fingerprint density at radius 1 is 1.11 bits per heavy atom. The van der Waals surface area contributed by atoms with Crippen molar-refractivity contribution < 1.29 is 0 Å². The average molecular weight is 258 g/mol. The van der Waals surface area contributed by atoms with Crippen molar-refractivity contribution in [1.82, 2.24) is 4.90 Å². The highest BCUT2D eigenvalue weighted by Crippen LogP contribution is 2.47. The van der Waals surface area contributed by atoms with Gasteiger partial charge in [-0.2, -0.15) is 0 Å². The molecule has 2 N–H and O–H groups in total. The molecule has 1 saturated carbocycles. The molecule has 1 aromatic carbocycles. The first-order valence-electron chi connectivity index (χ1n) is 7.82. The van der Waals surface area contributed by atoms with Crippen LogP contribution in [0.25, 0.3) is 0 Å². The number of rotatable bonds is 4. The first-order valence-corrected chi connectivity index (χ1v) is 7.82. The van der Waals surface area contributed by atoms with Crippen LogP contribution < -0.4 is 5.73 Å². The third-order valence-electron chi connectivity index (χ3n) is 5.30. The van der Waals surface area contributed by atoms with E-state index in [9.17, 15) is 0 Å². The van der Waals surface area contributed by atoms with Crippen molar-refractivity contribution in [3.05, 3.63) is 35.9 Å². The van der Waals surface area contributed by atoms with E-state index >= 15 is 0 Å². The van der Waals surface area contributed by atoms with Crippen molar-refractivity contribution in [3.8, 4) is 0 Å². The van der Waals surface area contributed by atoms with Crippen LogP contribution in [-0.2, 0) is 6.54 Å². The van der Waals surface area contributed by atoms with Gasteiger partial charge in [0.25, 0.3) is 0 Å². The van der Waals surface area contributed by atoms with Crippen LogP contribution in [0.4, 0.5) is 0 Å². The fourth-order valence-electron chi connectivity index (χ4n) is 4.00. The van der Waals surface area contributed by atoms with Gasteiger partial charge in [0, 0.05) is 12.6 Å². The van der Waals surface area contributed by atoms with E-state index in [0.717, 1.165) is 19.1 Å². The SMILES string of the molecule is NCC1(C2CCCCN2Cc2ccccc2)CCC1. The summed E-state index contributed by atoms with van der Waals surface area (Å²) < 4.78 is 0. The first kappa shape index (κ1) is 13.1. The molecule has 0 spiro atoms. The Bertz CT molecular complexity index is 391. The zero-order chi connectivity index (χ0) is 13.1. The molecule has 0 bridgehead atoms. The molecular formula is C17H26N2. The molecule has 2 heteroatoms. The number of hydrogen-bond acceptors (Lipinski definition) is 2. The first-order chi connectivity index (χ1) is 9.34. The average Bonchev–Trinajstić information content (AvgIpc) is 2.41. The Morgan fingerprint density at radius 2 is 1.89 bits per heavy atom. The summed E-state index contributed by atoms with van der Waals surface area (Å²) in [6.07, 6.45) is 8.16. The molecule has 1 heterocycles. The van der Waals surface area contributed by atoms with E-state index in [0.29, 0.717) is 5.41 Å². The highest BCUT2D eigenvalue weighted by molar-refractivity contribution is 5.15. The lowest BCUT2D eigenvalue weighted by atomic mass is 9.62. The largest absolute Gasteiger partial charge is 0.330 e. The molecule has 104 valence electrons. The van der Waals surface area contributed by atoms with E-state index in [1.807, 2.05) is 0 Å². The monoisotopic (exact) mass is 258 g/mol. The summed E-state index contributed by atoms with van der Waals surface area (Å²) in [5.41, 5.74) is 8.01. The third kappa shape index (κ3) is 2.56. The highest BCUT2D eigenvalue weighted by atomic mass is 15.2. The molecule has 1 aromatic rings. The van der Waals surface area contributed by atoms with Gasteiger partial charge in [-0.25, -0.2) is 0 Å². The predicted molar refractivity (Wildman–Crippen MR) is 79.8 cm³/mol. The Morgan fingerprint density at radius 3 is 2.53 bits per heavy atom. The molecule has 0 amide bonds. The van der Waals surface area contributed by atoms with E-state index < -0.39 is 0 Å². The minimum Gasteiger partial charge on any atom is -0.330 e. The Balaban J connectivity index is 1.74. The molecule has 1 unspecified atom stereocenters. The maximum absolute atomic E-state index is 6.13. The van der Waals surface area contributed by atoms with Crippen LogP contribution in [0.15, 0.2) is 30.3 Å². The van der Waals surface area contributed by atoms with Crippen molar-refractivity contribution >= 4 is 0 Å². The summed E-state index contributed by atoms with van der Waals surface area (Å²) in [5.74, 6) is 0. The Kier molecular flexibility index (Phi) is 3.90. The van der Waals surface area contributed by atoms with Gasteiger partial charge in [-0.15, -0.1) is 0 Å². The maximum atomic E-state index is 6.13. The standard InChI is InChI=1S/C17H26N2/c18-14-17(10-6-11-17)16-9-4-5-12-19(16)13-15-7-2-1-3-8-15/h1-3,7-8,16H,4-6,9-14,18H2. The van der Waals surface area contributed by atoms with Gasteiger partial charge in [-0.05, 0) is 49.8 Å². The van der Waals surface area contributed by atoms with Gasteiger partial charge >= 0.3 is 0 Å². The third-order valence-corrected chi connectivity index (χ3v) is 5.30. The molecule has 0 radical (unpaired) electrons. The summed E-state index contributed by atoms with van der Waals surface area (Å²) in [5, 5.41) is 0. The molecule has 1 aliphatic heterocycles. The van der Waals surface area contributed by atoms with Crippen LogP contribution in [0.1, 0.15) is 44.1 Å². The smallest absolute Gasteiger partial charge is 0.0236 e. The van der Waals surface area contributed by atoms with Crippen LogP contribution in [0, 0.1) is 5.41 Å². The maximum Gasteiger partial charge on any atom is 0.0236 e. The minimum atomic E-state index is 0.440. The van der Waals surface area contributed by atoms with Crippen LogP contribution in [0.3, 0.4) is 0 Å². The number of hydrogen-bond donors (Lipinski definition) is 1. The quantitative estimate of drug-likeness (QED) is 0.899.